The van der Waals surface area contributed by atoms with Crippen molar-refractivity contribution in [3.8, 4) is 0 Å². The van der Waals surface area contributed by atoms with E-state index in [9.17, 15) is 26.8 Å². The molecular formula is C18H17ClF2N2O5S. The molecule has 0 radical (unpaired) electrons. The number of sulfonamides is 1. The van der Waals surface area contributed by atoms with E-state index in [4.69, 9.17) is 16.3 Å². The van der Waals surface area contributed by atoms with Crippen LogP contribution in [0.2, 0.25) is 5.02 Å². The number of hydrogen-bond donors (Lipinski definition) is 1. The molecule has 0 aromatic heterocycles. The highest BCUT2D eigenvalue weighted by Crippen LogP contribution is 2.24. The fourth-order valence-electron chi connectivity index (χ4n) is 2.36. The lowest BCUT2D eigenvalue weighted by Crippen LogP contribution is -2.38. The molecule has 2 aromatic carbocycles. The molecule has 0 atom stereocenters. The Balaban J connectivity index is 2.21. The topological polar surface area (TPSA) is 92.8 Å². The molecule has 0 saturated carbocycles. The fourth-order valence-corrected chi connectivity index (χ4v) is 3.48. The summed E-state index contributed by atoms with van der Waals surface area (Å²) in [5.41, 5.74) is -0.196. The van der Waals surface area contributed by atoms with Crippen molar-refractivity contribution < 1.29 is 31.5 Å². The summed E-state index contributed by atoms with van der Waals surface area (Å²) in [5.74, 6) is -3.46. The molecule has 0 saturated heterocycles. The highest BCUT2D eigenvalue weighted by atomic mass is 35.5. The number of hydrogen-bond acceptors (Lipinski definition) is 5. The molecule has 0 spiro atoms. The van der Waals surface area contributed by atoms with Crippen LogP contribution >= 0.6 is 11.6 Å². The van der Waals surface area contributed by atoms with E-state index in [1.54, 1.807) is 6.92 Å². The first-order valence-electron chi connectivity index (χ1n) is 8.22. The van der Waals surface area contributed by atoms with Crippen LogP contribution in [-0.4, -0.2) is 39.7 Å². The van der Waals surface area contributed by atoms with Crippen LogP contribution in [0.3, 0.4) is 0 Å². The van der Waals surface area contributed by atoms with Crippen LogP contribution < -0.4 is 9.62 Å². The number of amides is 1. The summed E-state index contributed by atoms with van der Waals surface area (Å²) in [6.45, 7) is 1.03. The molecule has 0 bridgehead atoms. The predicted octanol–water partition coefficient (Wildman–Crippen LogP) is 3.20. The number of rotatable bonds is 7. The third-order valence-corrected chi connectivity index (χ3v) is 5.05. The van der Waals surface area contributed by atoms with Gasteiger partial charge in [-0.25, -0.2) is 22.0 Å². The summed E-state index contributed by atoms with van der Waals surface area (Å²) < 4.78 is 56.5. The van der Waals surface area contributed by atoms with Crippen LogP contribution in [0.15, 0.2) is 36.4 Å². The molecule has 0 aliphatic carbocycles. The van der Waals surface area contributed by atoms with Gasteiger partial charge in [0.2, 0.25) is 15.9 Å². The summed E-state index contributed by atoms with van der Waals surface area (Å²) in [6, 6.07) is 6.31. The summed E-state index contributed by atoms with van der Waals surface area (Å²) in [6.07, 6.45) is 0.786. The molecule has 0 heterocycles. The standard InChI is InChI=1S/C18H17ClF2N2O5S/c1-3-28-18(25)13-6-5-12(9-14(13)19)22-17(24)10-23(29(2,26)27)16-7-4-11(20)8-15(16)21/h4-9H,3,10H2,1-2H3,(H,22,24). The second-order valence-electron chi connectivity index (χ2n) is 5.83. The van der Waals surface area contributed by atoms with Crippen molar-refractivity contribution in [2.24, 2.45) is 0 Å². The Kier molecular flexibility index (Phi) is 7.15. The average Bonchev–Trinajstić information content (AvgIpc) is 2.59. The van der Waals surface area contributed by atoms with Crippen molar-refractivity contribution in [2.75, 3.05) is 29.0 Å². The molecule has 1 amide bonds. The first-order chi connectivity index (χ1) is 13.5. The van der Waals surface area contributed by atoms with E-state index in [1.165, 1.54) is 18.2 Å². The van der Waals surface area contributed by atoms with Crippen molar-refractivity contribution >= 4 is 44.9 Å². The Morgan fingerprint density at radius 3 is 2.41 bits per heavy atom. The Labute approximate surface area is 171 Å². The van der Waals surface area contributed by atoms with Gasteiger partial charge in [-0.1, -0.05) is 11.6 Å². The van der Waals surface area contributed by atoms with Gasteiger partial charge in [-0.3, -0.25) is 9.10 Å². The molecule has 0 aliphatic rings. The third kappa shape index (κ3) is 5.88. The van der Waals surface area contributed by atoms with Gasteiger partial charge in [0.1, 0.15) is 18.2 Å². The molecule has 2 rings (SSSR count). The van der Waals surface area contributed by atoms with Crippen molar-refractivity contribution in [1.29, 1.82) is 0 Å². The second-order valence-corrected chi connectivity index (χ2v) is 8.14. The van der Waals surface area contributed by atoms with Gasteiger partial charge in [0, 0.05) is 11.8 Å². The Morgan fingerprint density at radius 2 is 1.86 bits per heavy atom. The average molecular weight is 447 g/mol. The highest BCUT2D eigenvalue weighted by Gasteiger charge is 2.24. The van der Waals surface area contributed by atoms with Gasteiger partial charge in [0.05, 0.1) is 29.1 Å². The monoisotopic (exact) mass is 446 g/mol. The third-order valence-electron chi connectivity index (χ3n) is 3.61. The van der Waals surface area contributed by atoms with Gasteiger partial charge in [0.15, 0.2) is 0 Å². The molecule has 7 nitrogen and oxygen atoms in total. The molecule has 0 unspecified atom stereocenters. The minimum absolute atomic E-state index is 0.0193. The minimum atomic E-state index is -4.05. The van der Waals surface area contributed by atoms with E-state index in [0.29, 0.717) is 10.4 Å². The zero-order valence-electron chi connectivity index (χ0n) is 15.4. The van der Waals surface area contributed by atoms with E-state index in [0.717, 1.165) is 18.4 Å². The van der Waals surface area contributed by atoms with Crippen molar-refractivity contribution in [2.45, 2.75) is 6.92 Å². The molecule has 2 aromatic rings. The number of carbonyl (C=O) groups is 2. The van der Waals surface area contributed by atoms with Gasteiger partial charge < -0.3 is 10.1 Å². The van der Waals surface area contributed by atoms with Crippen LogP contribution in [0, 0.1) is 11.6 Å². The number of anilines is 2. The normalized spacial score (nSPS) is 11.1. The van der Waals surface area contributed by atoms with Gasteiger partial charge in [-0.15, -0.1) is 0 Å². The zero-order chi connectivity index (χ0) is 21.8. The van der Waals surface area contributed by atoms with Crippen LogP contribution in [0.25, 0.3) is 0 Å². The quantitative estimate of drug-likeness (QED) is 0.659. The minimum Gasteiger partial charge on any atom is -0.462 e. The number of benzene rings is 2. The number of nitrogens with zero attached hydrogens (tertiary/aromatic N) is 1. The number of ether oxygens (including phenoxy) is 1. The van der Waals surface area contributed by atoms with Gasteiger partial charge in [-0.05, 0) is 37.3 Å². The Bertz CT molecular complexity index is 1050. The van der Waals surface area contributed by atoms with Gasteiger partial charge in [-0.2, -0.15) is 0 Å². The summed E-state index contributed by atoms with van der Waals surface area (Å²) in [5, 5.41) is 2.43. The summed E-state index contributed by atoms with van der Waals surface area (Å²) >= 11 is 6.01. The smallest absolute Gasteiger partial charge is 0.339 e. The van der Waals surface area contributed by atoms with E-state index >= 15 is 0 Å². The zero-order valence-corrected chi connectivity index (χ0v) is 17.0. The number of halogens is 3. The molecule has 0 aliphatic heterocycles. The molecule has 1 N–H and O–H groups in total. The van der Waals surface area contributed by atoms with E-state index in [-0.39, 0.29) is 22.9 Å². The fraction of sp³-hybridized carbons (Fsp3) is 0.222. The van der Waals surface area contributed by atoms with Crippen LogP contribution in [-0.2, 0) is 19.6 Å². The summed E-state index contributed by atoms with van der Waals surface area (Å²) in [7, 11) is -4.05. The van der Waals surface area contributed by atoms with Crippen LogP contribution in [0.1, 0.15) is 17.3 Å². The SMILES string of the molecule is CCOC(=O)c1ccc(NC(=O)CN(c2ccc(F)cc2F)S(C)(=O)=O)cc1Cl. The Morgan fingerprint density at radius 1 is 1.17 bits per heavy atom. The van der Waals surface area contributed by atoms with E-state index in [1.807, 2.05) is 0 Å². The lowest BCUT2D eigenvalue weighted by molar-refractivity contribution is -0.114. The van der Waals surface area contributed by atoms with Crippen LogP contribution in [0.4, 0.5) is 20.2 Å². The highest BCUT2D eigenvalue weighted by molar-refractivity contribution is 7.92. The lowest BCUT2D eigenvalue weighted by Gasteiger charge is -2.22. The first kappa shape index (κ1) is 22.6. The first-order valence-corrected chi connectivity index (χ1v) is 10.4. The van der Waals surface area contributed by atoms with Crippen molar-refractivity contribution in [3.05, 3.63) is 58.6 Å². The van der Waals surface area contributed by atoms with E-state index < -0.39 is 45.8 Å². The van der Waals surface area contributed by atoms with Gasteiger partial charge in [0.25, 0.3) is 0 Å². The summed E-state index contributed by atoms with van der Waals surface area (Å²) in [4.78, 5) is 24.0. The van der Waals surface area contributed by atoms with Crippen molar-refractivity contribution in [3.63, 3.8) is 0 Å². The molecule has 156 valence electrons. The van der Waals surface area contributed by atoms with Gasteiger partial charge >= 0.3 is 5.97 Å². The molecule has 11 heteroatoms. The predicted molar refractivity (Wildman–Crippen MR) is 105 cm³/mol. The molecule has 29 heavy (non-hydrogen) atoms. The number of nitrogens with one attached hydrogen (secondary N) is 1. The molecule has 0 fully saturated rings. The van der Waals surface area contributed by atoms with Crippen molar-refractivity contribution in [1.82, 2.24) is 0 Å². The maximum Gasteiger partial charge on any atom is 0.339 e. The molecular weight excluding hydrogens is 430 g/mol. The lowest BCUT2D eigenvalue weighted by atomic mass is 10.2. The Hall–Kier alpha value is -2.72. The van der Waals surface area contributed by atoms with E-state index in [2.05, 4.69) is 5.32 Å². The maximum atomic E-state index is 14.0. The van der Waals surface area contributed by atoms with Crippen LogP contribution in [0.5, 0.6) is 0 Å². The number of carbonyl (C=O) groups excluding carboxylic acids is 2. The second kappa shape index (κ2) is 9.19. The number of esters is 1. The maximum absolute atomic E-state index is 14.0. The largest absolute Gasteiger partial charge is 0.462 e.